The Labute approximate surface area is 97.1 Å². The van der Waals surface area contributed by atoms with Crippen LogP contribution in [0.3, 0.4) is 0 Å². The summed E-state index contributed by atoms with van der Waals surface area (Å²) in [5.41, 5.74) is 0.479. The molecule has 0 fully saturated rings. The molecule has 2 aromatic rings. The molecule has 0 N–H and O–H groups in total. The van der Waals surface area contributed by atoms with Gasteiger partial charge in [-0.05, 0) is 24.1 Å². The number of benzene rings is 1. The number of rotatable bonds is 2. The molecule has 17 heavy (non-hydrogen) atoms. The van der Waals surface area contributed by atoms with Crippen LogP contribution < -0.4 is 0 Å². The van der Waals surface area contributed by atoms with Crippen molar-refractivity contribution in [3.63, 3.8) is 0 Å². The van der Waals surface area contributed by atoms with E-state index in [4.69, 9.17) is 0 Å². The standard InChI is InChI=1S/C12H13F3N2/c1-8(2)6-17-7-16-10-5-9(12(13,14)15)3-4-11(10)17/h3-5,7-8H,6H2,1-2H3. The largest absolute Gasteiger partial charge is 0.416 e. The van der Waals surface area contributed by atoms with Gasteiger partial charge in [-0.15, -0.1) is 0 Å². The van der Waals surface area contributed by atoms with E-state index in [0.717, 1.165) is 24.2 Å². The minimum atomic E-state index is -4.31. The summed E-state index contributed by atoms with van der Waals surface area (Å²) in [4.78, 5) is 4.01. The third-order valence-corrected chi connectivity index (χ3v) is 2.51. The first kappa shape index (κ1) is 12.0. The van der Waals surface area contributed by atoms with Gasteiger partial charge in [-0.2, -0.15) is 13.2 Å². The third kappa shape index (κ3) is 2.43. The molecule has 0 atom stereocenters. The van der Waals surface area contributed by atoms with Crippen LogP contribution in [0.4, 0.5) is 13.2 Å². The van der Waals surface area contributed by atoms with Gasteiger partial charge < -0.3 is 4.57 Å². The monoisotopic (exact) mass is 242 g/mol. The molecule has 0 saturated heterocycles. The van der Waals surface area contributed by atoms with Crippen LogP contribution in [0.2, 0.25) is 0 Å². The van der Waals surface area contributed by atoms with E-state index in [0.29, 0.717) is 11.4 Å². The summed E-state index contributed by atoms with van der Waals surface area (Å²) >= 11 is 0. The lowest BCUT2D eigenvalue weighted by molar-refractivity contribution is -0.137. The van der Waals surface area contributed by atoms with Gasteiger partial charge in [0, 0.05) is 6.54 Å². The van der Waals surface area contributed by atoms with Crippen LogP contribution in [0.25, 0.3) is 11.0 Å². The maximum absolute atomic E-state index is 12.5. The number of hydrogen-bond donors (Lipinski definition) is 0. The predicted octanol–water partition coefficient (Wildman–Crippen LogP) is 3.71. The van der Waals surface area contributed by atoms with Gasteiger partial charge in [0.2, 0.25) is 0 Å². The number of nitrogens with zero attached hydrogens (tertiary/aromatic N) is 2. The summed E-state index contributed by atoms with van der Waals surface area (Å²) < 4.78 is 39.4. The molecule has 0 saturated carbocycles. The Kier molecular flexibility index (Phi) is 2.85. The molecule has 0 bridgehead atoms. The van der Waals surface area contributed by atoms with E-state index in [1.165, 1.54) is 6.07 Å². The van der Waals surface area contributed by atoms with Crippen LogP contribution >= 0.6 is 0 Å². The average Bonchev–Trinajstić information content (AvgIpc) is 2.59. The van der Waals surface area contributed by atoms with Gasteiger partial charge in [0.1, 0.15) is 0 Å². The molecule has 2 rings (SSSR count). The number of alkyl halides is 3. The van der Waals surface area contributed by atoms with Crippen molar-refractivity contribution in [3.8, 4) is 0 Å². The highest BCUT2D eigenvalue weighted by molar-refractivity contribution is 5.76. The predicted molar refractivity (Wildman–Crippen MR) is 59.6 cm³/mol. The Bertz CT molecular complexity index is 526. The van der Waals surface area contributed by atoms with Gasteiger partial charge in [-0.1, -0.05) is 13.8 Å². The molecule has 1 heterocycles. The fraction of sp³-hybridized carbons (Fsp3) is 0.417. The van der Waals surface area contributed by atoms with Gasteiger partial charge in [0.15, 0.2) is 0 Å². The second-order valence-corrected chi connectivity index (χ2v) is 4.49. The third-order valence-electron chi connectivity index (χ3n) is 2.51. The highest BCUT2D eigenvalue weighted by Gasteiger charge is 2.30. The average molecular weight is 242 g/mol. The molecule has 0 aliphatic carbocycles. The van der Waals surface area contributed by atoms with Crippen LogP contribution in [0.5, 0.6) is 0 Å². The van der Waals surface area contributed by atoms with E-state index in [-0.39, 0.29) is 0 Å². The Hall–Kier alpha value is -1.52. The van der Waals surface area contributed by atoms with Crippen molar-refractivity contribution in [2.45, 2.75) is 26.6 Å². The summed E-state index contributed by atoms with van der Waals surface area (Å²) in [5, 5.41) is 0. The first-order chi connectivity index (χ1) is 7.88. The number of fused-ring (bicyclic) bond motifs is 1. The van der Waals surface area contributed by atoms with Crippen LogP contribution in [0, 0.1) is 5.92 Å². The summed E-state index contributed by atoms with van der Waals surface area (Å²) in [6.45, 7) is 4.85. The van der Waals surface area contributed by atoms with Crippen LogP contribution in [0.15, 0.2) is 24.5 Å². The lowest BCUT2D eigenvalue weighted by Crippen LogP contribution is -2.05. The Morgan fingerprint density at radius 2 is 2.00 bits per heavy atom. The number of imidazole rings is 1. The van der Waals surface area contributed by atoms with Crippen molar-refractivity contribution >= 4 is 11.0 Å². The molecular formula is C12H13F3N2. The molecule has 0 aliphatic heterocycles. The summed E-state index contributed by atoms with van der Waals surface area (Å²) in [7, 11) is 0. The lowest BCUT2D eigenvalue weighted by Gasteiger charge is -2.08. The topological polar surface area (TPSA) is 17.8 Å². The van der Waals surface area contributed by atoms with Crippen molar-refractivity contribution in [3.05, 3.63) is 30.1 Å². The van der Waals surface area contributed by atoms with Crippen LogP contribution in [-0.2, 0) is 12.7 Å². The van der Waals surface area contributed by atoms with E-state index in [9.17, 15) is 13.2 Å². The molecule has 92 valence electrons. The maximum atomic E-state index is 12.5. The zero-order valence-corrected chi connectivity index (χ0v) is 9.62. The SMILES string of the molecule is CC(C)Cn1cnc2cc(C(F)(F)F)ccc21. The van der Waals surface area contributed by atoms with Gasteiger partial charge in [0.25, 0.3) is 0 Å². The van der Waals surface area contributed by atoms with Crippen molar-refractivity contribution in [2.75, 3.05) is 0 Å². The first-order valence-corrected chi connectivity index (χ1v) is 5.40. The highest BCUT2D eigenvalue weighted by Crippen LogP contribution is 2.31. The van der Waals surface area contributed by atoms with E-state index < -0.39 is 11.7 Å². The van der Waals surface area contributed by atoms with Crippen molar-refractivity contribution in [1.82, 2.24) is 9.55 Å². The minimum Gasteiger partial charge on any atom is -0.330 e. The van der Waals surface area contributed by atoms with Gasteiger partial charge in [-0.3, -0.25) is 0 Å². The molecule has 1 aromatic heterocycles. The van der Waals surface area contributed by atoms with Crippen molar-refractivity contribution in [2.24, 2.45) is 5.92 Å². The lowest BCUT2D eigenvalue weighted by atomic mass is 10.2. The summed E-state index contributed by atoms with van der Waals surface area (Å²) in [6, 6.07) is 3.67. The maximum Gasteiger partial charge on any atom is 0.416 e. The minimum absolute atomic E-state index is 0.389. The molecule has 0 radical (unpaired) electrons. The summed E-state index contributed by atoms with van der Waals surface area (Å²) in [5.74, 6) is 0.426. The number of aromatic nitrogens is 2. The summed E-state index contributed by atoms with van der Waals surface area (Å²) in [6.07, 6.45) is -2.72. The first-order valence-electron chi connectivity index (χ1n) is 5.40. The van der Waals surface area contributed by atoms with E-state index in [1.807, 2.05) is 4.57 Å². The fourth-order valence-corrected chi connectivity index (χ4v) is 1.78. The molecule has 0 unspecified atom stereocenters. The van der Waals surface area contributed by atoms with E-state index >= 15 is 0 Å². The van der Waals surface area contributed by atoms with Gasteiger partial charge >= 0.3 is 6.18 Å². The van der Waals surface area contributed by atoms with Crippen molar-refractivity contribution < 1.29 is 13.2 Å². The Morgan fingerprint density at radius 3 is 2.59 bits per heavy atom. The normalized spacial score (nSPS) is 12.6. The van der Waals surface area contributed by atoms with Gasteiger partial charge in [-0.25, -0.2) is 4.98 Å². The zero-order valence-electron chi connectivity index (χ0n) is 9.62. The highest BCUT2D eigenvalue weighted by atomic mass is 19.4. The van der Waals surface area contributed by atoms with E-state index in [1.54, 1.807) is 6.33 Å². The quantitative estimate of drug-likeness (QED) is 0.785. The van der Waals surface area contributed by atoms with E-state index in [2.05, 4.69) is 18.8 Å². The fourth-order valence-electron chi connectivity index (χ4n) is 1.78. The van der Waals surface area contributed by atoms with Crippen molar-refractivity contribution in [1.29, 1.82) is 0 Å². The second kappa shape index (κ2) is 4.05. The molecular weight excluding hydrogens is 229 g/mol. The molecule has 0 spiro atoms. The van der Waals surface area contributed by atoms with Crippen LogP contribution in [0.1, 0.15) is 19.4 Å². The zero-order chi connectivity index (χ0) is 12.6. The molecule has 1 aromatic carbocycles. The van der Waals surface area contributed by atoms with Gasteiger partial charge in [0.05, 0.1) is 22.9 Å². The number of hydrogen-bond acceptors (Lipinski definition) is 1. The van der Waals surface area contributed by atoms with Crippen LogP contribution in [-0.4, -0.2) is 9.55 Å². The number of halogens is 3. The Morgan fingerprint density at radius 1 is 1.29 bits per heavy atom. The molecule has 2 nitrogen and oxygen atoms in total. The smallest absolute Gasteiger partial charge is 0.330 e. The Balaban J connectivity index is 2.45. The molecule has 0 aliphatic rings. The molecule has 0 amide bonds. The molecule has 5 heteroatoms. The second-order valence-electron chi connectivity index (χ2n) is 4.49.